The molecule has 0 aromatic carbocycles. The molecule has 98 valence electrons. The summed E-state index contributed by atoms with van der Waals surface area (Å²) in [5, 5.41) is 3.62. The second-order valence-corrected chi connectivity index (χ2v) is 6.15. The Kier molecular flexibility index (Phi) is 3.32. The SMILES string of the molecule is CCOC1CC(Nc2ccc(Br)nc2)C12CCC2. The molecule has 1 aromatic heterocycles. The maximum absolute atomic E-state index is 5.86. The van der Waals surface area contributed by atoms with Gasteiger partial charge in [-0.3, -0.25) is 0 Å². The fourth-order valence-corrected chi connectivity index (χ4v) is 3.54. The van der Waals surface area contributed by atoms with Crippen molar-refractivity contribution in [2.75, 3.05) is 11.9 Å². The molecule has 18 heavy (non-hydrogen) atoms. The van der Waals surface area contributed by atoms with E-state index in [9.17, 15) is 0 Å². The summed E-state index contributed by atoms with van der Waals surface area (Å²) in [7, 11) is 0. The maximum Gasteiger partial charge on any atom is 0.106 e. The molecule has 2 fully saturated rings. The van der Waals surface area contributed by atoms with Gasteiger partial charge in [-0.25, -0.2) is 4.98 Å². The van der Waals surface area contributed by atoms with Gasteiger partial charge in [0.25, 0.3) is 0 Å². The molecule has 1 aromatic rings. The van der Waals surface area contributed by atoms with Gasteiger partial charge in [0, 0.05) is 18.1 Å². The molecule has 2 unspecified atom stereocenters. The van der Waals surface area contributed by atoms with Crippen LogP contribution in [0.3, 0.4) is 0 Å². The summed E-state index contributed by atoms with van der Waals surface area (Å²) < 4.78 is 6.74. The zero-order valence-corrected chi connectivity index (χ0v) is 12.2. The van der Waals surface area contributed by atoms with Crippen molar-refractivity contribution in [1.29, 1.82) is 0 Å². The molecule has 0 radical (unpaired) electrons. The molecule has 4 heteroatoms. The molecule has 2 atom stereocenters. The van der Waals surface area contributed by atoms with Crippen molar-refractivity contribution in [3.8, 4) is 0 Å². The Bertz CT molecular complexity index is 416. The first-order valence-corrected chi connectivity index (χ1v) is 7.53. The Balaban J connectivity index is 1.66. The lowest BCUT2D eigenvalue weighted by Gasteiger charge is -2.61. The predicted octanol–water partition coefficient (Wildman–Crippen LogP) is 3.60. The van der Waals surface area contributed by atoms with E-state index in [1.165, 1.54) is 19.3 Å². The number of nitrogens with zero attached hydrogens (tertiary/aromatic N) is 1. The highest BCUT2D eigenvalue weighted by Gasteiger charge is 2.58. The largest absolute Gasteiger partial charge is 0.380 e. The van der Waals surface area contributed by atoms with E-state index in [0.717, 1.165) is 23.3 Å². The van der Waals surface area contributed by atoms with Crippen LogP contribution in [-0.4, -0.2) is 23.7 Å². The number of hydrogen-bond acceptors (Lipinski definition) is 3. The highest BCUT2D eigenvalue weighted by atomic mass is 79.9. The second-order valence-electron chi connectivity index (χ2n) is 5.33. The number of nitrogens with one attached hydrogen (secondary N) is 1. The number of rotatable bonds is 4. The zero-order chi connectivity index (χ0) is 12.6. The molecule has 3 nitrogen and oxygen atoms in total. The predicted molar refractivity (Wildman–Crippen MR) is 75.7 cm³/mol. The molecular formula is C14H19BrN2O. The molecular weight excluding hydrogens is 292 g/mol. The Morgan fingerprint density at radius 2 is 2.33 bits per heavy atom. The summed E-state index contributed by atoms with van der Waals surface area (Å²) >= 11 is 3.36. The van der Waals surface area contributed by atoms with Crippen LogP contribution in [0.5, 0.6) is 0 Å². The Morgan fingerprint density at radius 3 is 2.89 bits per heavy atom. The normalized spacial score (nSPS) is 28.6. The number of aromatic nitrogens is 1. The third-order valence-electron chi connectivity index (χ3n) is 4.51. The minimum atomic E-state index is 0.406. The van der Waals surface area contributed by atoms with Gasteiger partial charge >= 0.3 is 0 Å². The standard InChI is InChI=1S/C14H19BrN2O/c1-2-18-12-8-11(14(12)6-3-7-14)17-10-4-5-13(15)16-9-10/h4-5,9,11-12,17H,2-3,6-8H2,1H3. The minimum absolute atomic E-state index is 0.406. The monoisotopic (exact) mass is 310 g/mol. The molecule has 2 aliphatic carbocycles. The van der Waals surface area contributed by atoms with Crippen LogP contribution in [0.4, 0.5) is 5.69 Å². The minimum Gasteiger partial charge on any atom is -0.380 e. The molecule has 1 spiro atoms. The Labute approximate surface area is 116 Å². The van der Waals surface area contributed by atoms with E-state index in [1.807, 2.05) is 12.3 Å². The van der Waals surface area contributed by atoms with E-state index in [0.29, 0.717) is 17.6 Å². The molecule has 0 saturated heterocycles. The number of ether oxygens (including phenoxy) is 1. The number of hydrogen-bond donors (Lipinski definition) is 1. The lowest BCUT2D eigenvalue weighted by atomic mass is 9.51. The van der Waals surface area contributed by atoms with Gasteiger partial charge in [0.15, 0.2) is 0 Å². The van der Waals surface area contributed by atoms with Gasteiger partial charge in [-0.05, 0) is 54.2 Å². The van der Waals surface area contributed by atoms with E-state index >= 15 is 0 Å². The highest BCUT2D eigenvalue weighted by molar-refractivity contribution is 9.10. The summed E-state index contributed by atoms with van der Waals surface area (Å²) in [5.74, 6) is 0. The van der Waals surface area contributed by atoms with Crippen LogP contribution in [0.25, 0.3) is 0 Å². The van der Waals surface area contributed by atoms with Crippen LogP contribution >= 0.6 is 15.9 Å². The first kappa shape index (κ1) is 12.4. The molecule has 0 amide bonds. The molecule has 0 aliphatic heterocycles. The number of halogens is 1. The van der Waals surface area contributed by atoms with Crippen molar-refractivity contribution < 1.29 is 4.74 Å². The third-order valence-corrected chi connectivity index (χ3v) is 4.97. The first-order chi connectivity index (χ1) is 8.74. The number of anilines is 1. The third kappa shape index (κ3) is 1.95. The molecule has 1 N–H and O–H groups in total. The number of pyridine rings is 1. The van der Waals surface area contributed by atoms with E-state index in [2.05, 4.69) is 39.2 Å². The lowest BCUT2D eigenvalue weighted by molar-refractivity contribution is -0.157. The van der Waals surface area contributed by atoms with Gasteiger partial charge in [-0.1, -0.05) is 6.42 Å². The molecule has 2 aliphatic rings. The van der Waals surface area contributed by atoms with Gasteiger partial charge in [0.1, 0.15) is 4.60 Å². The van der Waals surface area contributed by atoms with Crippen LogP contribution in [0.2, 0.25) is 0 Å². The van der Waals surface area contributed by atoms with E-state index in [1.54, 1.807) is 0 Å². The van der Waals surface area contributed by atoms with Crippen molar-refractivity contribution in [3.05, 3.63) is 22.9 Å². The topological polar surface area (TPSA) is 34.1 Å². The van der Waals surface area contributed by atoms with Crippen LogP contribution < -0.4 is 5.32 Å². The fraction of sp³-hybridized carbons (Fsp3) is 0.643. The summed E-state index contributed by atoms with van der Waals surface area (Å²) in [4.78, 5) is 4.26. The molecule has 2 saturated carbocycles. The summed E-state index contributed by atoms with van der Waals surface area (Å²) in [6, 6.07) is 4.62. The van der Waals surface area contributed by atoms with Gasteiger partial charge < -0.3 is 10.1 Å². The zero-order valence-electron chi connectivity index (χ0n) is 10.7. The average molecular weight is 311 g/mol. The van der Waals surface area contributed by atoms with Crippen LogP contribution in [0.15, 0.2) is 22.9 Å². The summed E-state index contributed by atoms with van der Waals surface area (Å²) in [6.45, 7) is 2.92. The quantitative estimate of drug-likeness (QED) is 0.863. The second kappa shape index (κ2) is 4.82. The van der Waals surface area contributed by atoms with Crippen molar-refractivity contribution in [2.45, 2.75) is 44.8 Å². The Hall–Kier alpha value is -0.610. The fourth-order valence-electron chi connectivity index (χ4n) is 3.30. The van der Waals surface area contributed by atoms with Gasteiger partial charge in [0.05, 0.1) is 18.0 Å². The first-order valence-electron chi connectivity index (χ1n) is 6.74. The van der Waals surface area contributed by atoms with Crippen LogP contribution in [-0.2, 0) is 4.74 Å². The van der Waals surface area contributed by atoms with Crippen LogP contribution in [0.1, 0.15) is 32.6 Å². The average Bonchev–Trinajstić information content (AvgIpc) is 2.28. The summed E-state index contributed by atoms with van der Waals surface area (Å²) in [6.07, 6.45) is 7.45. The molecule has 0 bridgehead atoms. The van der Waals surface area contributed by atoms with Crippen molar-refractivity contribution in [1.82, 2.24) is 4.98 Å². The Morgan fingerprint density at radius 1 is 1.50 bits per heavy atom. The van der Waals surface area contributed by atoms with Gasteiger partial charge in [0.2, 0.25) is 0 Å². The van der Waals surface area contributed by atoms with Crippen molar-refractivity contribution in [2.24, 2.45) is 5.41 Å². The van der Waals surface area contributed by atoms with Crippen LogP contribution in [0, 0.1) is 5.41 Å². The molecule has 1 heterocycles. The van der Waals surface area contributed by atoms with E-state index < -0.39 is 0 Å². The van der Waals surface area contributed by atoms with E-state index in [-0.39, 0.29) is 0 Å². The van der Waals surface area contributed by atoms with Gasteiger partial charge in [-0.2, -0.15) is 0 Å². The van der Waals surface area contributed by atoms with E-state index in [4.69, 9.17) is 4.74 Å². The van der Waals surface area contributed by atoms with Gasteiger partial charge in [-0.15, -0.1) is 0 Å². The smallest absolute Gasteiger partial charge is 0.106 e. The maximum atomic E-state index is 5.86. The highest BCUT2D eigenvalue weighted by Crippen LogP contribution is 2.58. The molecule has 3 rings (SSSR count). The van der Waals surface area contributed by atoms with Crippen molar-refractivity contribution in [3.63, 3.8) is 0 Å². The summed E-state index contributed by atoms with van der Waals surface area (Å²) in [5.41, 5.74) is 1.52. The lowest BCUT2D eigenvalue weighted by Crippen LogP contribution is -2.64. The van der Waals surface area contributed by atoms with Crippen molar-refractivity contribution >= 4 is 21.6 Å².